The van der Waals surface area contributed by atoms with Crippen LogP contribution in [0.4, 0.5) is 0 Å². The number of aliphatic carboxylic acids is 1. The van der Waals surface area contributed by atoms with E-state index in [0.717, 1.165) is 5.76 Å². The monoisotopic (exact) mass is 243 g/mol. The predicted octanol–water partition coefficient (Wildman–Crippen LogP) is 1.97. The van der Waals surface area contributed by atoms with Crippen LogP contribution in [0.2, 0.25) is 0 Å². The third-order valence-electron chi connectivity index (χ3n) is 2.25. The van der Waals surface area contributed by atoms with Crippen LogP contribution in [0.15, 0.2) is 22.8 Å². The molecule has 2 N–H and O–H groups in total. The highest BCUT2D eigenvalue weighted by atomic mass is 32.2. The standard InChI is InChI=1S/C11H17NO3S/c1-3-12-11(2,10(13)14)8-16-7-9-5-4-6-15-9/h4-6,12H,3,7-8H2,1-2H3,(H,13,14). The molecule has 4 nitrogen and oxygen atoms in total. The summed E-state index contributed by atoms with van der Waals surface area (Å²) in [6, 6.07) is 3.72. The van der Waals surface area contributed by atoms with E-state index in [1.807, 2.05) is 19.1 Å². The molecule has 0 amide bonds. The first-order valence-corrected chi connectivity index (χ1v) is 6.32. The van der Waals surface area contributed by atoms with E-state index in [1.165, 1.54) is 0 Å². The third-order valence-corrected chi connectivity index (χ3v) is 3.52. The lowest BCUT2D eigenvalue weighted by Gasteiger charge is -2.25. The maximum Gasteiger partial charge on any atom is 0.324 e. The molecule has 1 rings (SSSR count). The van der Waals surface area contributed by atoms with Gasteiger partial charge in [-0.3, -0.25) is 4.79 Å². The van der Waals surface area contributed by atoms with E-state index in [1.54, 1.807) is 24.9 Å². The molecule has 0 saturated carbocycles. The third kappa shape index (κ3) is 3.57. The van der Waals surface area contributed by atoms with Crippen molar-refractivity contribution in [2.24, 2.45) is 0 Å². The zero-order chi connectivity index (χ0) is 12.0. The number of carboxylic acids is 1. The van der Waals surface area contributed by atoms with Crippen molar-refractivity contribution in [3.8, 4) is 0 Å². The summed E-state index contributed by atoms with van der Waals surface area (Å²) in [5, 5.41) is 12.1. The van der Waals surface area contributed by atoms with Crippen LogP contribution in [0.25, 0.3) is 0 Å². The fraction of sp³-hybridized carbons (Fsp3) is 0.545. The van der Waals surface area contributed by atoms with Gasteiger partial charge < -0.3 is 14.8 Å². The highest BCUT2D eigenvalue weighted by molar-refractivity contribution is 7.98. The van der Waals surface area contributed by atoms with E-state index in [2.05, 4.69) is 5.32 Å². The lowest BCUT2D eigenvalue weighted by atomic mass is 10.1. The smallest absolute Gasteiger partial charge is 0.324 e. The second-order valence-electron chi connectivity index (χ2n) is 3.74. The van der Waals surface area contributed by atoms with Gasteiger partial charge in [0.25, 0.3) is 0 Å². The van der Waals surface area contributed by atoms with Crippen molar-refractivity contribution >= 4 is 17.7 Å². The van der Waals surface area contributed by atoms with Gasteiger partial charge in [-0.25, -0.2) is 0 Å². The zero-order valence-corrected chi connectivity index (χ0v) is 10.3. The Morgan fingerprint density at radius 1 is 1.69 bits per heavy atom. The minimum absolute atomic E-state index is 0.511. The molecule has 0 aliphatic carbocycles. The SMILES string of the molecule is CCNC(C)(CSCc1ccco1)C(=O)O. The van der Waals surface area contributed by atoms with Gasteiger partial charge in [-0.1, -0.05) is 6.92 Å². The Morgan fingerprint density at radius 2 is 2.44 bits per heavy atom. The predicted molar refractivity (Wildman–Crippen MR) is 64.6 cm³/mol. The first kappa shape index (κ1) is 13.1. The maximum absolute atomic E-state index is 11.1. The minimum Gasteiger partial charge on any atom is -0.480 e. The van der Waals surface area contributed by atoms with Crippen molar-refractivity contribution in [2.45, 2.75) is 25.1 Å². The van der Waals surface area contributed by atoms with Gasteiger partial charge in [0.2, 0.25) is 0 Å². The van der Waals surface area contributed by atoms with E-state index in [9.17, 15) is 4.79 Å². The van der Waals surface area contributed by atoms with Crippen LogP contribution in [0.3, 0.4) is 0 Å². The molecule has 0 saturated heterocycles. The van der Waals surface area contributed by atoms with Gasteiger partial charge in [-0.05, 0) is 25.6 Å². The summed E-state index contributed by atoms with van der Waals surface area (Å²) >= 11 is 1.55. The van der Waals surface area contributed by atoms with Crippen molar-refractivity contribution in [3.05, 3.63) is 24.2 Å². The summed E-state index contributed by atoms with van der Waals surface area (Å²) in [4.78, 5) is 11.1. The molecule has 0 aromatic carbocycles. The molecule has 1 aromatic heterocycles. The summed E-state index contributed by atoms with van der Waals surface area (Å²) in [6.45, 7) is 4.25. The molecule has 1 aromatic rings. The molecule has 0 bridgehead atoms. The van der Waals surface area contributed by atoms with Gasteiger partial charge in [0.15, 0.2) is 0 Å². The Labute approximate surface area is 99.4 Å². The highest BCUT2D eigenvalue weighted by Gasteiger charge is 2.31. The normalized spacial score (nSPS) is 14.6. The van der Waals surface area contributed by atoms with E-state index >= 15 is 0 Å². The van der Waals surface area contributed by atoms with Crippen molar-refractivity contribution in [2.75, 3.05) is 12.3 Å². The molecule has 0 radical (unpaired) electrons. The van der Waals surface area contributed by atoms with Crippen molar-refractivity contribution in [3.63, 3.8) is 0 Å². The highest BCUT2D eigenvalue weighted by Crippen LogP contribution is 2.18. The van der Waals surface area contributed by atoms with Crippen LogP contribution in [0.5, 0.6) is 0 Å². The van der Waals surface area contributed by atoms with Crippen molar-refractivity contribution in [1.29, 1.82) is 0 Å². The molecule has 1 unspecified atom stereocenters. The van der Waals surface area contributed by atoms with Crippen molar-refractivity contribution < 1.29 is 14.3 Å². The summed E-state index contributed by atoms with van der Waals surface area (Å²) in [5.41, 5.74) is -0.869. The molecule has 16 heavy (non-hydrogen) atoms. The van der Waals surface area contributed by atoms with E-state index < -0.39 is 11.5 Å². The summed E-state index contributed by atoms with van der Waals surface area (Å²) in [5.74, 6) is 1.26. The van der Waals surface area contributed by atoms with Crippen LogP contribution in [0.1, 0.15) is 19.6 Å². The number of nitrogens with one attached hydrogen (secondary N) is 1. The molecule has 1 heterocycles. The van der Waals surface area contributed by atoms with Gasteiger partial charge in [0.1, 0.15) is 11.3 Å². The molecule has 0 fully saturated rings. The molecule has 0 aliphatic heterocycles. The number of likely N-dealkylation sites (N-methyl/N-ethyl adjacent to an activating group) is 1. The Hall–Kier alpha value is -0.940. The number of carboxylic acid groups (broad SMARTS) is 1. The number of thioether (sulfide) groups is 1. The lowest BCUT2D eigenvalue weighted by molar-refractivity contribution is -0.143. The molecular weight excluding hydrogens is 226 g/mol. The van der Waals surface area contributed by atoms with Crippen LogP contribution < -0.4 is 5.32 Å². The lowest BCUT2D eigenvalue weighted by Crippen LogP contribution is -2.51. The first-order valence-electron chi connectivity index (χ1n) is 5.17. The summed E-state index contributed by atoms with van der Waals surface area (Å²) in [6.07, 6.45) is 1.62. The molecule has 0 aliphatic rings. The topological polar surface area (TPSA) is 62.5 Å². The quantitative estimate of drug-likeness (QED) is 0.766. The van der Waals surface area contributed by atoms with Crippen LogP contribution in [-0.4, -0.2) is 28.9 Å². The number of hydrogen-bond acceptors (Lipinski definition) is 4. The van der Waals surface area contributed by atoms with E-state index in [4.69, 9.17) is 9.52 Å². The number of carbonyl (C=O) groups is 1. The zero-order valence-electron chi connectivity index (χ0n) is 9.53. The Kier molecular flexibility index (Phi) is 4.89. The molecule has 5 heteroatoms. The van der Waals surface area contributed by atoms with Gasteiger partial charge in [0, 0.05) is 5.75 Å². The van der Waals surface area contributed by atoms with Gasteiger partial charge in [-0.2, -0.15) is 11.8 Å². The average Bonchev–Trinajstić information content (AvgIpc) is 2.70. The molecular formula is C11H17NO3S. The molecule has 1 atom stereocenters. The maximum atomic E-state index is 11.1. The summed E-state index contributed by atoms with van der Waals surface area (Å²) in [7, 11) is 0. The Bertz CT molecular complexity index is 326. The van der Waals surface area contributed by atoms with E-state index in [0.29, 0.717) is 18.1 Å². The van der Waals surface area contributed by atoms with Crippen LogP contribution in [-0.2, 0) is 10.5 Å². The van der Waals surface area contributed by atoms with Crippen LogP contribution in [0, 0.1) is 0 Å². The number of hydrogen-bond donors (Lipinski definition) is 2. The second-order valence-corrected chi connectivity index (χ2v) is 4.73. The Morgan fingerprint density at radius 3 is 2.94 bits per heavy atom. The fourth-order valence-corrected chi connectivity index (χ4v) is 2.43. The largest absolute Gasteiger partial charge is 0.480 e. The average molecular weight is 243 g/mol. The number of furan rings is 1. The molecule has 0 spiro atoms. The molecule has 90 valence electrons. The summed E-state index contributed by atoms with van der Waals surface area (Å²) < 4.78 is 5.18. The Balaban J connectivity index is 2.41. The van der Waals surface area contributed by atoms with Gasteiger partial charge >= 0.3 is 5.97 Å². The second kappa shape index (κ2) is 5.96. The van der Waals surface area contributed by atoms with E-state index in [-0.39, 0.29) is 0 Å². The fourth-order valence-electron chi connectivity index (χ4n) is 1.33. The van der Waals surface area contributed by atoms with Crippen molar-refractivity contribution in [1.82, 2.24) is 5.32 Å². The van der Waals surface area contributed by atoms with Crippen LogP contribution >= 0.6 is 11.8 Å². The van der Waals surface area contributed by atoms with Gasteiger partial charge in [0.05, 0.1) is 12.0 Å². The first-order chi connectivity index (χ1) is 7.58. The number of rotatable bonds is 7. The minimum atomic E-state index is -0.869. The van der Waals surface area contributed by atoms with Gasteiger partial charge in [-0.15, -0.1) is 0 Å².